The van der Waals surface area contributed by atoms with E-state index in [0.29, 0.717) is 24.5 Å². The van der Waals surface area contributed by atoms with Gasteiger partial charge >= 0.3 is 0 Å². The molecule has 2 aliphatic rings. The highest BCUT2D eigenvalue weighted by Crippen LogP contribution is 2.23. The van der Waals surface area contributed by atoms with Gasteiger partial charge in [0.25, 0.3) is 5.91 Å². The number of nitrogens with zero attached hydrogens (tertiary/aromatic N) is 3. The number of aromatic nitrogens is 1. The first-order valence-corrected chi connectivity index (χ1v) is 8.81. The van der Waals surface area contributed by atoms with Gasteiger partial charge in [0.1, 0.15) is 6.10 Å². The second kappa shape index (κ2) is 7.01. The van der Waals surface area contributed by atoms with E-state index in [2.05, 4.69) is 11.1 Å². The molecule has 1 atom stereocenters. The molecule has 0 aliphatic carbocycles. The first kappa shape index (κ1) is 15.2. The van der Waals surface area contributed by atoms with Crippen LogP contribution in [0.5, 0.6) is 5.88 Å². The zero-order chi connectivity index (χ0) is 15.4. The molecule has 1 aromatic rings. The molecule has 116 valence electrons. The summed E-state index contributed by atoms with van der Waals surface area (Å²) in [6.07, 6.45) is 4.39. The van der Waals surface area contributed by atoms with E-state index in [-0.39, 0.29) is 17.9 Å². The first-order valence-electron chi connectivity index (χ1n) is 7.65. The molecule has 0 bridgehead atoms. The van der Waals surface area contributed by atoms with Crippen LogP contribution in [0, 0.1) is 17.2 Å². The monoisotopic (exact) mass is 317 g/mol. The Morgan fingerprint density at radius 1 is 1.41 bits per heavy atom. The molecular formula is C16H19N3O2S. The maximum atomic E-state index is 12.5. The van der Waals surface area contributed by atoms with Crippen LogP contribution in [0.1, 0.15) is 29.6 Å². The Morgan fingerprint density at radius 3 is 2.91 bits per heavy atom. The van der Waals surface area contributed by atoms with E-state index in [0.717, 1.165) is 30.8 Å². The number of carbonyl (C=O) groups excluding carboxylic acids is 1. The Labute approximate surface area is 134 Å². The van der Waals surface area contributed by atoms with Crippen LogP contribution < -0.4 is 4.74 Å². The number of piperidine rings is 1. The predicted octanol–water partition coefficient (Wildman–Crippen LogP) is 2.34. The molecule has 3 rings (SSSR count). The van der Waals surface area contributed by atoms with E-state index in [9.17, 15) is 4.79 Å². The number of rotatable bonds is 3. The van der Waals surface area contributed by atoms with Gasteiger partial charge in [0, 0.05) is 42.6 Å². The predicted molar refractivity (Wildman–Crippen MR) is 84.8 cm³/mol. The van der Waals surface area contributed by atoms with Crippen LogP contribution in [0.4, 0.5) is 0 Å². The number of hydrogen-bond donors (Lipinski definition) is 0. The third kappa shape index (κ3) is 3.53. The zero-order valence-corrected chi connectivity index (χ0v) is 13.2. The van der Waals surface area contributed by atoms with Gasteiger partial charge in [-0.25, -0.2) is 4.98 Å². The van der Waals surface area contributed by atoms with E-state index >= 15 is 0 Å². The average Bonchev–Trinajstić information content (AvgIpc) is 3.07. The smallest absolute Gasteiger partial charge is 0.254 e. The minimum Gasteiger partial charge on any atom is -0.473 e. The van der Waals surface area contributed by atoms with E-state index in [4.69, 9.17) is 10.00 Å². The van der Waals surface area contributed by atoms with Crippen LogP contribution >= 0.6 is 11.8 Å². The zero-order valence-electron chi connectivity index (χ0n) is 12.4. The molecule has 1 amide bonds. The summed E-state index contributed by atoms with van der Waals surface area (Å²) in [7, 11) is 0. The van der Waals surface area contributed by atoms with E-state index in [1.807, 2.05) is 16.7 Å². The highest BCUT2D eigenvalue weighted by molar-refractivity contribution is 7.99. The maximum Gasteiger partial charge on any atom is 0.254 e. The van der Waals surface area contributed by atoms with Crippen LogP contribution in [-0.4, -0.2) is 46.5 Å². The average molecular weight is 317 g/mol. The van der Waals surface area contributed by atoms with Gasteiger partial charge in [-0.15, -0.1) is 0 Å². The van der Waals surface area contributed by atoms with Crippen molar-refractivity contribution in [1.29, 1.82) is 5.26 Å². The van der Waals surface area contributed by atoms with E-state index in [1.165, 1.54) is 0 Å². The third-order valence-electron chi connectivity index (χ3n) is 4.12. The van der Waals surface area contributed by atoms with Crippen molar-refractivity contribution in [3.05, 3.63) is 23.9 Å². The van der Waals surface area contributed by atoms with E-state index < -0.39 is 0 Å². The van der Waals surface area contributed by atoms with Crippen molar-refractivity contribution in [1.82, 2.24) is 9.88 Å². The summed E-state index contributed by atoms with van der Waals surface area (Å²) in [5.74, 6) is 2.73. The minimum absolute atomic E-state index is 0.00411. The summed E-state index contributed by atoms with van der Waals surface area (Å²) >= 11 is 1.88. The molecule has 0 radical (unpaired) electrons. The Bertz CT molecular complexity index is 573. The number of likely N-dealkylation sites (tertiary alicyclic amines) is 1. The Balaban J connectivity index is 1.64. The van der Waals surface area contributed by atoms with Crippen LogP contribution in [0.25, 0.3) is 0 Å². The molecule has 2 saturated heterocycles. The highest BCUT2D eigenvalue weighted by Gasteiger charge is 2.24. The summed E-state index contributed by atoms with van der Waals surface area (Å²) in [6, 6.07) is 5.75. The fourth-order valence-corrected chi connectivity index (χ4v) is 3.87. The van der Waals surface area contributed by atoms with Gasteiger partial charge in [0.15, 0.2) is 0 Å². The lowest BCUT2D eigenvalue weighted by Gasteiger charge is -2.29. The lowest BCUT2D eigenvalue weighted by Crippen LogP contribution is -2.38. The third-order valence-corrected chi connectivity index (χ3v) is 5.25. The number of hydrogen-bond acceptors (Lipinski definition) is 5. The molecule has 2 fully saturated rings. The number of pyridine rings is 1. The number of ether oxygens (including phenoxy) is 1. The number of nitriles is 1. The van der Waals surface area contributed by atoms with Gasteiger partial charge in [-0.05, 0) is 31.1 Å². The van der Waals surface area contributed by atoms with Gasteiger partial charge < -0.3 is 9.64 Å². The van der Waals surface area contributed by atoms with Crippen molar-refractivity contribution in [3.8, 4) is 11.9 Å². The summed E-state index contributed by atoms with van der Waals surface area (Å²) in [5, 5.41) is 8.93. The van der Waals surface area contributed by atoms with Crippen LogP contribution in [0.15, 0.2) is 18.3 Å². The Kier molecular flexibility index (Phi) is 4.84. The molecule has 0 saturated carbocycles. The molecule has 1 unspecified atom stereocenters. The second-order valence-electron chi connectivity index (χ2n) is 5.68. The van der Waals surface area contributed by atoms with Crippen LogP contribution in [0.2, 0.25) is 0 Å². The van der Waals surface area contributed by atoms with Crippen molar-refractivity contribution in [2.45, 2.75) is 25.4 Å². The maximum absolute atomic E-state index is 12.5. The molecule has 3 heterocycles. The van der Waals surface area contributed by atoms with Crippen LogP contribution in [0.3, 0.4) is 0 Å². The highest BCUT2D eigenvalue weighted by atomic mass is 32.2. The molecule has 2 aliphatic heterocycles. The molecule has 22 heavy (non-hydrogen) atoms. The van der Waals surface area contributed by atoms with Crippen molar-refractivity contribution in [3.63, 3.8) is 0 Å². The topological polar surface area (TPSA) is 66.2 Å². The fraction of sp³-hybridized carbons (Fsp3) is 0.562. The van der Waals surface area contributed by atoms with Gasteiger partial charge in [-0.1, -0.05) is 0 Å². The van der Waals surface area contributed by atoms with Crippen molar-refractivity contribution < 1.29 is 9.53 Å². The Hall–Kier alpha value is -1.74. The lowest BCUT2D eigenvalue weighted by atomic mass is 9.98. The lowest BCUT2D eigenvalue weighted by molar-refractivity contribution is 0.0706. The quantitative estimate of drug-likeness (QED) is 0.856. The SMILES string of the molecule is N#CC1CCN(C(=O)c2ccnc(OC3CCSC3)c2)CC1. The largest absolute Gasteiger partial charge is 0.473 e. The minimum atomic E-state index is 0.00411. The van der Waals surface area contributed by atoms with Crippen molar-refractivity contribution >= 4 is 17.7 Å². The first-order chi connectivity index (χ1) is 10.8. The number of carbonyl (C=O) groups is 1. The number of amides is 1. The fourth-order valence-electron chi connectivity index (χ4n) is 2.78. The number of thioether (sulfide) groups is 1. The van der Waals surface area contributed by atoms with Crippen molar-refractivity contribution in [2.24, 2.45) is 5.92 Å². The molecule has 0 aromatic carbocycles. The summed E-state index contributed by atoms with van der Waals surface area (Å²) in [4.78, 5) is 18.6. The van der Waals surface area contributed by atoms with Crippen LogP contribution in [-0.2, 0) is 0 Å². The molecule has 1 aromatic heterocycles. The normalized spacial score (nSPS) is 22.3. The van der Waals surface area contributed by atoms with Gasteiger partial charge in [0.2, 0.25) is 5.88 Å². The molecule has 0 N–H and O–H groups in total. The molecule has 6 heteroatoms. The summed E-state index contributed by atoms with van der Waals surface area (Å²) in [5.41, 5.74) is 0.617. The van der Waals surface area contributed by atoms with Crippen molar-refractivity contribution in [2.75, 3.05) is 24.6 Å². The van der Waals surface area contributed by atoms with Gasteiger partial charge in [-0.3, -0.25) is 4.79 Å². The van der Waals surface area contributed by atoms with E-state index in [1.54, 1.807) is 18.3 Å². The molecular weight excluding hydrogens is 298 g/mol. The second-order valence-corrected chi connectivity index (χ2v) is 6.83. The summed E-state index contributed by atoms with van der Waals surface area (Å²) < 4.78 is 5.84. The van der Waals surface area contributed by atoms with Gasteiger partial charge in [0.05, 0.1) is 6.07 Å². The Morgan fingerprint density at radius 2 is 2.23 bits per heavy atom. The standard InChI is InChI=1S/C16H19N3O2S/c17-10-12-2-6-19(7-3-12)16(20)13-1-5-18-15(9-13)21-14-4-8-22-11-14/h1,5,9,12,14H,2-4,6-8,11H2. The van der Waals surface area contributed by atoms with Gasteiger partial charge in [-0.2, -0.15) is 17.0 Å². The molecule has 0 spiro atoms. The molecule has 5 nitrogen and oxygen atoms in total. The summed E-state index contributed by atoms with van der Waals surface area (Å²) in [6.45, 7) is 1.30.